The van der Waals surface area contributed by atoms with Crippen LogP contribution in [-0.4, -0.2) is 28.9 Å². The molecule has 1 amide bonds. The number of fused-ring (bicyclic) bond motifs is 13. The van der Waals surface area contributed by atoms with Gasteiger partial charge in [-0.1, -0.05) is 57.8 Å². The molecule has 3 unspecified atom stereocenters. The normalized spacial score (nSPS) is 26.8. The van der Waals surface area contributed by atoms with Crippen molar-refractivity contribution in [2.24, 2.45) is 5.92 Å². The SMILES string of the molecule is O=C(NC1CC2CCCCCCCCCCCC1CN2)c1ccc2ccc(Br)n2c1. The van der Waals surface area contributed by atoms with Crippen molar-refractivity contribution >= 4 is 27.4 Å². The molecule has 164 valence electrons. The minimum atomic E-state index is 0.0612. The Morgan fingerprint density at radius 2 is 1.60 bits per heavy atom. The van der Waals surface area contributed by atoms with E-state index in [1.54, 1.807) is 0 Å². The van der Waals surface area contributed by atoms with Gasteiger partial charge in [-0.3, -0.25) is 4.79 Å². The molecule has 4 nitrogen and oxygen atoms in total. The molecule has 0 radical (unpaired) electrons. The minimum Gasteiger partial charge on any atom is -0.349 e. The highest BCUT2D eigenvalue weighted by atomic mass is 79.9. The van der Waals surface area contributed by atoms with Crippen molar-refractivity contribution in [2.45, 2.75) is 89.1 Å². The maximum atomic E-state index is 13.1. The smallest absolute Gasteiger partial charge is 0.253 e. The largest absolute Gasteiger partial charge is 0.349 e. The van der Waals surface area contributed by atoms with Gasteiger partial charge in [0.25, 0.3) is 5.91 Å². The number of hydrogen-bond acceptors (Lipinski definition) is 2. The highest BCUT2D eigenvalue weighted by molar-refractivity contribution is 9.10. The number of pyridine rings is 1. The van der Waals surface area contributed by atoms with E-state index in [4.69, 9.17) is 0 Å². The van der Waals surface area contributed by atoms with Crippen molar-refractivity contribution in [2.75, 3.05) is 6.54 Å². The number of nitrogens with zero attached hydrogens (tertiary/aromatic N) is 1. The molecular formula is C25H36BrN3O. The molecule has 1 saturated carbocycles. The lowest BCUT2D eigenvalue weighted by molar-refractivity contribution is 0.0894. The van der Waals surface area contributed by atoms with Crippen LogP contribution in [0.2, 0.25) is 0 Å². The first-order valence-corrected chi connectivity index (χ1v) is 12.8. The fourth-order valence-electron chi connectivity index (χ4n) is 5.23. The maximum Gasteiger partial charge on any atom is 0.253 e. The number of halogens is 1. The summed E-state index contributed by atoms with van der Waals surface area (Å²) in [5.74, 6) is 0.600. The Kier molecular flexibility index (Phi) is 7.89. The van der Waals surface area contributed by atoms with E-state index in [9.17, 15) is 4.79 Å². The number of carbonyl (C=O) groups is 1. The second-order valence-electron chi connectivity index (χ2n) is 9.31. The predicted octanol–water partition coefficient (Wildman–Crippen LogP) is 6.08. The summed E-state index contributed by atoms with van der Waals surface area (Å²) in [6.45, 7) is 1.04. The summed E-state index contributed by atoms with van der Waals surface area (Å²) in [6, 6.07) is 8.84. The van der Waals surface area contributed by atoms with Gasteiger partial charge in [-0.05, 0) is 65.4 Å². The molecule has 2 saturated heterocycles. The van der Waals surface area contributed by atoms with Gasteiger partial charge in [-0.15, -0.1) is 0 Å². The van der Waals surface area contributed by atoms with Crippen LogP contribution in [-0.2, 0) is 0 Å². The van der Waals surface area contributed by atoms with Crippen LogP contribution in [0.5, 0.6) is 0 Å². The molecule has 0 spiro atoms. The van der Waals surface area contributed by atoms with Gasteiger partial charge in [0.15, 0.2) is 0 Å². The Morgan fingerprint density at radius 3 is 2.37 bits per heavy atom. The van der Waals surface area contributed by atoms with E-state index in [2.05, 4.69) is 32.6 Å². The Morgan fingerprint density at radius 1 is 0.933 bits per heavy atom. The zero-order chi connectivity index (χ0) is 20.8. The summed E-state index contributed by atoms with van der Waals surface area (Å²) in [4.78, 5) is 13.1. The predicted molar refractivity (Wildman–Crippen MR) is 127 cm³/mol. The fraction of sp³-hybridized carbons (Fsp3) is 0.640. The van der Waals surface area contributed by atoms with E-state index in [0.717, 1.165) is 28.6 Å². The highest BCUT2D eigenvalue weighted by Crippen LogP contribution is 2.25. The van der Waals surface area contributed by atoms with Gasteiger partial charge in [-0.2, -0.15) is 0 Å². The Hall–Kier alpha value is -1.33. The molecule has 3 fully saturated rings. The standard InChI is InChI=1S/C25H36BrN3O/c26-24-15-14-22-13-12-20(18-29(22)24)25(30)28-23-16-21-11-9-7-5-3-1-2-4-6-8-10-19(23)17-27-21/h12-15,18-19,21,23,27H,1-11,16-17H2,(H,28,30). The van der Waals surface area contributed by atoms with Crippen molar-refractivity contribution < 1.29 is 4.79 Å². The molecule has 2 aliphatic heterocycles. The molecule has 5 rings (SSSR count). The van der Waals surface area contributed by atoms with Gasteiger partial charge in [0.2, 0.25) is 0 Å². The highest BCUT2D eigenvalue weighted by Gasteiger charge is 2.31. The topological polar surface area (TPSA) is 45.5 Å². The third-order valence-electron chi connectivity index (χ3n) is 7.08. The minimum absolute atomic E-state index is 0.0612. The van der Waals surface area contributed by atoms with Gasteiger partial charge < -0.3 is 15.0 Å². The van der Waals surface area contributed by atoms with Crippen molar-refractivity contribution in [1.29, 1.82) is 0 Å². The number of nitrogens with one attached hydrogen (secondary N) is 2. The van der Waals surface area contributed by atoms with E-state index in [1.807, 2.05) is 28.8 Å². The first-order chi connectivity index (χ1) is 14.7. The number of rotatable bonds is 2. The summed E-state index contributed by atoms with van der Waals surface area (Å²) < 4.78 is 3.00. The second-order valence-corrected chi connectivity index (χ2v) is 10.1. The van der Waals surface area contributed by atoms with E-state index in [1.165, 1.54) is 70.6 Å². The summed E-state index contributed by atoms with van der Waals surface area (Å²) in [6.07, 6.45) is 17.7. The molecule has 1 aliphatic carbocycles. The Labute approximate surface area is 189 Å². The van der Waals surface area contributed by atoms with Crippen molar-refractivity contribution in [1.82, 2.24) is 15.0 Å². The second kappa shape index (κ2) is 10.8. The van der Waals surface area contributed by atoms with Crippen LogP contribution in [0.4, 0.5) is 0 Å². The summed E-state index contributed by atoms with van der Waals surface area (Å²) in [7, 11) is 0. The van der Waals surface area contributed by atoms with E-state index < -0.39 is 0 Å². The van der Waals surface area contributed by atoms with E-state index in [0.29, 0.717) is 12.0 Å². The Bertz CT molecular complexity index is 829. The van der Waals surface area contributed by atoms with Crippen LogP contribution in [0.1, 0.15) is 87.4 Å². The van der Waals surface area contributed by atoms with Crippen molar-refractivity contribution in [3.63, 3.8) is 0 Å². The third-order valence-corrected chi connectivity index (χ3v) is 7.73. The number of amides is 1. The molecule has 2 aromatic rings. The lowest BCUT2D eigenvalue weighted by atomic mass is 9.84. The van der Waals surface area contributed by atoms with Gasteiger partial charge in [0.1, 0.15) is 0 Å². The maximum absolute atomic E-state index is 13.1. The molecule has 3 aliphatic rings. The van der Waals surface area contributed by atoms with Gasteiger partial charge >= 0.3 is 0 Å². The average molecular weight is 474 g/mol. The molecule has 4 heterocycles. The first-order valence-electron chi connectivity index (χ1n) is 12.0. The number of hydrogen-bond donors (Lipinski definition) is 2. The molecule has 2 bridgehead atoms. The number of carbonyl (C=O) groups excluding carboxylic acids is 1. The number of aromatic nitrogens is 1. The molecule has 5 heteroatoms. The van der Waals surface area contributed by atoms with E-state index in [-0.39, 0.29) is 11.9 Å². The monoisotopic (exact) mass is 473 g/mol. The first kappa shape index (κ1) is 21.9. The van der Waals surface area contributed by atoms with Crippen molar-refractivity contribution in [3.8, 4) is 0 Å². The van der Waals surface area contributed by atoms with Crippen LogP contribution in [0, 0.1) is 5.92 Å². The van der Waals surface area contributed by atoms with Crippen LogP contribution >= 0.6 is 15.9 Å². The van der Waals surface area contributed by atoms with Gasteiger partial charge in [0, 0.05) is 30.3 Å². The van der Waals surface area contributed by atoms with Crippen LogP contribution in [0.15, 0.2) is 35.1 Å². The van der Waals surface area contributed by atoms with Crippen LogP contribution in [0.3, 0.4) is 0 Å². The quantitative estimate of drug-likeness (QED) is 0.554. The number of piperidine rings is 1. The van der Waals surface area contributed by atoms with E-state index >= 15 is 0 Å². The molecule has 2 aromatic heterocycles. The fourth-order valence-corrected chi connectivity index (χ4v) is 5.67. The zero-order valence-electron chi connectivity index (χ0n) is 18.0. The third kappa shape index (κ3) is 5.67. The average Bonchev–Trinajstić information content (AvgIpc) is 3.12. The zero-order valence-corrected chi connectivity index (χ0v) is 19.6. The summed E-state index contributed by atoms with van der Waals surface area (Å²) >= 11 is 3.56. The summed E-state index contributed by atoms with van der Waals surface area (Å²) in [5.41, 5.74) is 1.83. The molecule has 0 aromatic carbocycles. The lowest BCUT2D eigenvalue weighted by Crippen LogP contribution is -2.53. The molecule has 30 heavy (non-hydrogen) atoms. The van der Waals surface area contributed by atoms with Crippen LogP contribution < -0.4 is 10.6 Å². The van der Waals surface area contributed by atoms with Crippen molar-refractivity contribution in [3.05, 3.63) is 40.6 Å². The Balaban J connectivity index is 1.43. The molecule has 2 N–H and O–H groups in total. The molecule has 3 atom stereocenters. The summed E-state index contributed by atoms with van der Waals surface area (Å²) in [5, 5.41) is 7.23. The molecular weight excluding hydrogens is 438 g/mol. The van der Waals surface area contributed by atoms with Crippen LogP contribution in [0.25, 0.3) is 5.52 Å². The van der Waals surface area contributed by atoms with Gasteiger partial charge in [-0.25, -0.2) is 0 Å². The lowest BCUT2D eigenvalue weighted by Gasteiger charge is -2.38. The van der Waals surface area contributed by atoms with Gasteiger partial charge in [0.05, 0.1) is 10.2 Å².